The molecule has 3 aromatic rings. The number of hydrogen-bond donors (Lipinski definition) is 0. The minimum absolute atomic E-state index is 0.168. The number of methoxy groups -OCH3 is 1. The first-order valence-electron chi connectivity index (χ1n) is 9.36. The van der Waals surface area contributed by atoms with Crippen molar-refractivity contribution in [1.29, 1.82) is 0 Å². The summed E-state index contributed by atoms with van der Waals surface area (Å²) in [4.78, 5) is 16.7. The lowest BCUT2D eigenvalue weighted by molar-refractivity contribution is -0.129. The van der Waals surface area contributed by atoms with Crippen LogP contribution in [0.3, 0.4) is 0 Å². The van der Waals surface area contributed by atoms with Crippen molar-refractivity contribution >= 4 is 41.1 Å². The lowest BCUT2D eigenvalue weighted by Crippen LogP contribution is -2.05. The summed E-state index contributed by atoms with van der Waals surface area (Å²) in [6.45, 7) is 0.224. The number of ether oxygens (including phenoxy) is 3. The van der Waals surface area contributed by atoms with Gasteiger partial charge in [0.2, 0.25) is 5.90 Å². The fourth-order valence-electron chi connectivity index (χ4n) is 2.95. The van der Waals surface area contributed by atoms with Gasteiger partial charge in [0.05, 0.1) is 7.11 Å². The van der Waals surface area contributed by atoms with Crippen LogP contribution in [0.25, 0.3) is 6.08 Å². The topological polar surface area (TPSA) is 57.1 Å². The van der Waals surface area contributed by atoms with Gasteiger partial charge in [0.1, 0.15) is 18.1 Å². The molecule has 0 radical (unpaired) electrons. The van der Waals surface area contributed by atoms with E-state index in [1.54, 1.807) is 49.6 Å². The summed E-state index contributed by atoms with van der Waals surface area (Å²) in [6.07, 6.45) is 1.61. The largest absolute Gasteiger partial charge is 0.497 e. The second kappa shape index (κ2) is 9.25. The Kier molecular flexibility index (Phi) is 6.26. The average molecular weight is 454 g/mol. The van der Waals surface area contributed by atoms with E-state index in [-0.39, 0.29) is 18.2 Å². The number of halogens is 2. The summed E-state index contributed by atoms with van der Waals surface area (Å²) < 4.78 is 16.6. The van der Waals surface area contributed by atoms with Gasteiger partial charge in [-0.15, -0.1) is 0 Å². The van der Waals surface area contributed by atoms with Gasteiger partial charge in [0.15, 0.2) is 5.70 Å². The minimum atomic E-state index is -0.534. The van der Waals surface area contributed by atoms with Crippen molar-refractivity contribution in [2.75, 3.05) is 7.11 Å². The van der Waals surface area contributed by atoms with Gasteiger partial charge in [-0.2, -0.15) is 0 Å². The molecule has 0 amide bonds. The maximum atomic E-state index is 12.4. The highest BCUT2D eigenvalue weighted by molar-refractivity contribution is 6.35. The van der Waals surface area contributed by atoms with Gasteiger partial charge in [0.25, 0.3) is 0 Å². The molecule has 0 aromatic heterocycles. The van der Waals surface area contributed by atoms with E-state index in [9.17, 15) is 4.79 Å². The van der Waals surface area contributed by atoms with Crippen molar-refractivity contribution < 1.29 is 19.0 Å². The Labute approximate surface area is 189 Å². The molecule has 0 fully saturated rings. The average Bonchev–Trinajstić information content (AvgIpc) is 3.14. The third kappa shape index (κ3) is 4.90. The van der Waals surface area contributed by atoms with E-state index < -0.39 is 5.97 Å². The predicted octanol–water partition coefficient (Wildman–Crippen LogP) is 5.93. The number of nitrogens with zero attached hydrogens (tertiary/aromatic N) is 1. The number of rotatable bonds is 6. The van der Waals surface area contributed by atoms with Gasteiger partial charge < -0.3 is 14.2 Å². The van der Waals surface area contributed by atoms with Gasteiger partial charge in [0, 0.05) is 26.7 Å². The number of carbonyl (C=O) groups is 1. The van der Waals surface area contributed by atoms with Crippen molar-refractivity contribution in [1.82, 2.24) is 0 Å². The Morgan fingerprint density at radius 3 is 2.58 bits per heavy atom. The van der Waals surface area contributed by atoms with Crippen LogP contribution in [0.5, 0.6) is 11.5 Å². The zero-order valence-corrected chi connectivity index (χ0v) is 18.0. The minimum Gasteiger partial charge on any atom is -0.497 e. The maximum absolute atomic E-state index is 12.4. The zero-order valence-electron chi connectivity index (χ0n) is 16.5. The second-order valence-corrected chi connectivity index (χ2v) is 7.47. The van der Waals surface area contributed by atoms with Crippen LogP contribution in [0.1, 0.15) is 16.7 Å². The smallest absolute Gasteiger partial charge is 0.363 e. The van der Waals surface area contributed by atoms with Crippen molar-refractivity contribution in [2.24, 2.45) is 4.99 Å². The summed E-state index contributed by atoms with van der Waals surface area (Å²) in [5.41, 5.74) is 2.29. The van der Waals surface area contributed by atoms with Crippen molar-refractivity contribution in [2.45, 2.75) is 6.61 Å². The maximum Gasteiger partial charge on any atom is 0.363 e. The van der Waals surface area contributed by atoms with Crippen molar-refractivity contribution in [3.05, 3.63) is 99.2 Å². The van der Waals surface area contributed by atoms with Crippen LogP contribution in [0.4, 0.5) is 0 Å². The third-order valence-corrected chi connectivity index (χ3v) is 5.14. The molecule has 1 aliphatic rings. The molecule has 5 nitrogen and oxygen atoms in total. The monoisotopic (exact) mass is 453 g/mol. The van der Waals surface area contributed by atoms with E-state index in [0.29, 0.717) is 27.1 Å². The van der Waals surface area contributed by atoms with Crippen LogP contribution in [0, 0.1) is 0 Å². The van der Waals surface area contributed by atoms with Crippen molar-refractivity contribution in [3.8, 4) is 11.5 Å². The number of hydrogen-bond acceptors (Lipinski definition) is 5. The lowest BCUT2D eigenvalue weighted by atomic mass is 10.1. The highest BCUT2D eigenvalue weighted by atomic mass is 35.5. The first-order valence-corrected chi connectivity index (χ1v) is 10.1. The highest BCUT2D eigenvalue weighted by Crippen LogP contribution is 2.30. The van der Waals surface area contributed by atoms with E-state index in [1.807, 2.05) is 30.3 Å². The lowest BCUT2D eigenvalue weighted by Gasteiger charge is -2.12. The van der Waals surface area contributed by atoms with Gasteiger partial charge in [-0.05, 0) is 48.5 Å². The summed E-state index contributed by atoms with van der Waals surface area (Å²) >= 11 is 12.2. The molecule has 0 saturated carbocycles. The Hall–Kier alpha value is -3.28. The Morgan fingerprint density at radius 2 is 1.84 bits per heavy atom. The molecular weight excluding hydrogens is 437 g/mol. The Balaban J connectivity index is 1.64. The fourth-order valence-corrected chi connectivity index (χ4v) is 3.42. The van der Waals surface area contributed by atoms with E-state index in [1.165, 1.54) is 0 Å². The molecule has 0 unspecified atom stereocenters. The molecular formula is C24H17Cl2NO4. The molecule has 0 atom stereocenters. The first kappa shape index (κ1) is 21.0. The number of cyclic esters (lactones) is 1. The van der Waals surface area contributed by atoms with E-state index in [4.69, 9.17) is 37.4 Å². The van der Waals surface area contributed by atoms with E-state index >= 15 is 0 Å². The van der Waals surface area contributed by atoms with Crippen LogP contribution in [0.2, 0.25) is 10.0 Å². The highest BCUT2D eigenvalue weighted by Gasteiger charge is 2.24. The zero-order chi connectivity index (χ0) is 21.8. The van der Waals surface area contributed by atoms with Gasteiger partial charge in [-0.3, -0.25) is 0 Å². The van der Waals surface area contributed by atoms with E-state index in [2.05, 4.69) is 4.99 Å². The van der Waals surface area contributed by atoms with Crippen LogP contribution >= 0.6 is 23.2 Å². The SMILES string of the molecule is COc1ccc(OCc2ccc(Cl)cc2Cl)c(/C=C2/N=C(c3ccccc3)OC2=O)c1. The van der Waals surface area contributed by atoms with Crippen LogP contribution in [-0.2, 0) is 16.1 Å². The molecule has 3 aromatic carbocycles. The first-order chi connectivity index (χ1) is 15.0. The standard InChI is InChI=1S/C24H17Cl2NO4/c1-29-19-9-10-22(30-14-16-7-8-18(25)13-20(16)26)17(11-19)12-21-24(28)31-23(27-21)15-5-3-2-4-6-15/h2-13H,14H2,1H3/b21-12+. The second-order valence-electron chi connectivity index (χ2n) is 6.63. The molecule has 0 saturated heterocycles. The van der Waals surface area contributed by atoms with Crippen molar-refractivity contribution in [3.63, 3.8) is 0 Å². The normalized spacial score (nSPS) is 14.4. The quantitative estimate of drug-likeness (QED) is 0.343. The molecule has 156 valence electrons. The molecule has 0 bridgehead atoms. The summed E-state index contributed by atoms with van der Waals surface area (Å²) in [5.74, 6) is 0.876. The fraction of sp³-hybridized carbons (Fsp3) is 0.0833. The molecule has 31 heavy (non-hydrogen) atoms. The van der Waals surface area contributed by atoms with Gasteiger partial charge in [-0.25, -0.2) is 9.79 Å². The number of benzene rings is 3. The molecule has 1 aliphatic heterocycles. The Morgan fingerprint density at radius 1 is 1.03 bits per heavy atom. The van der Waals surface area contributed by atoms with Crippen LogP contribution in [-0.4, -0.2) is 19.0 Å². The number of esters is 1. The van der Waals surface area contributed by atoms with E-state index in [0.717, 1.165) is 11.1 Å². The molecule has 4 rings (SSSR count). The molecule has 1 heterocycles. The molecule has 7 heteroatoms. The summed E-state index contributed by atoms with van der Waals surface area (Å²) in [6, 6.07) is 19.7. The number of carbonyl (C=O) groups excluding carboxylic acids is 1. The van der Waals surface area contributed by atoms with Crippen LogP contribution < -0.4 is 9.47 Å². The summed E-state index contributed by atoms with van der Waals surface area (Å²) in [7, 11) is 1.57. The molecule has 0 spiro atoms. The molecule has 0 aliphatic carbocycles. The van der Waals surface area contributed by atoms with Crippen LogP contribution in [0.15, 0.2) is 77.4 Å². The van der Waals surface area contributed by atoms with Gasteiger partial charge in [-0.1, -0.05) is 47.5 Å². The third-order valence-electron chi connectivity index (χ3n) is 4.55. The van der Waals surface area contributed by atoms with Gasteiger partial charge >= 0.3 is 5.97 Å². The number of aliphatic imine (C=N–C) groups is 1. The summed E-state index contributed by atoms with van der Waals surface area (Å²) in [5, 5.41) is 1.06. The Bertz CT molecular complexity index is 1190. The molecule has 0 N–H and O–H groups in total. The predicted molar refractivity (Wildman–Crippen MR) is 121 cm³/mol.